The monoisotopic (exact) mass is 344 g/mol. The van der Waals surface area contributed by atoms with Gasteiger partial charge in [-0.2, -0.15) is 0 Å². The number of nitrogens with one attached hydrogen (secondary N) is 1. The van der Waals surface area contributed by atoms with E-state index in [1.165, 1.54) is 0 Å². The Kier molecular flexibility index (Phi) is 3.05. The number of amides is 1. The highest BCUT2D eigenvalue weighted by molar-refractivity contribution is 9.10. The predicted molar refractivity (Wildman–Crippen MR) is 77.2 cm³/mol. The Morgan fingerprint density at radius 2 is 2.16 bits per heavy atom. The van der Waals surface area contributed by atoms with Crippen molar-refractivity contribution >= 4 is 43.0 Å². The van der Waals surface area contributed by atoms with Crippen molar-refractivity contribution in [3.05, 3.63) is 22.7 Å². The standard InChI is InChI=1S/C12H13BrN2O3S/c13-8-1-2-10-11(5-8)15-3-4-19(17,18)7-9(15)6-12(16)14-10/h1-2,5,9H,3-4,6-7H2,(H,14,16). The van der Waals surface area contributed by atoms with Gasteiger partial charge < -0.3 is 10.2 Å². The maximum absolute atomic E-state index is 11.9. The van der Waals surface area contributed by atoms with Gasteiger partial charge in [-0.25, -0.2) is 8.42 Å². The molecular weight excluding hydrogens is 332 g/mol. The highest BCUT2D eigenvalue weighted by Crippen LogP contribution is 2.35. The molecule has 1 aromatic carbocycles. The molecule has 1 atom stereocenters. The van der Waals surface area contributed by atoms with Crippen molar-refractivity contribution in [2.24, 2.45) is 0 Å². The summed E-state index contributed by atoms with van der Waals surface area (Å²) in [6.45, 7) is 0.436. The third kappa shape index (κ3) is 2.49. The minimum atomic E-state index is -3.04. The molecule has 2 aliphatic heterocycles. The van der Waals surface area contributed by atoms with Crippen molar-refractivity contribution in [2.45, 2.75) is 12.5 Å². The van der Waals surface area contributed by atoms with Crippen LogP contribution in [0.15, 0.2) is 22.7 Å². The van der Waals surface area contributed by atoms with E-state index in [-0.39, 0.29) is 29.9 Å². The Morgan fingerprint density at radius 1 is 1.37 bits per heavy atom. The molecule has 0 spiro atoms. The molecule has 19 heavy (non-hydrogen) atoms. The Hall–Kier alpha value is -1.08. The van der Waals surface area contributed by atoms with Crippen LogP contribution in [-0.2, 0) is 14.6 Å². The molecule has 2 aliphatic rings. The first-order chi connectivity index (χ1) is 8.94. The van der Waals surface area contributed by atoms with Gasteiger partial charge in [0.25, 0.3) is 0 Å². The minimum Gasteiger partial charge on any atom is -0.364 e. The molecule has 0 aliphatic carbocycles. The summed E-state index contributed by atoms with van der Waals surface area (Å²) in [6.07, 6.45) is 0.214. The fourth-order valence-corrected chi connectivity index (χ4v) is 4.51. The number of hydrogen-bond acceptors (Lipinski definition) is 4. The Bertz CT molecular complexity index is 644. The normalized spacial score (nSPS) is 25.0. The maximum atomic E-state index is 11.9. The van der Waals surface area contributed by atoms with E-state index in [0.717, 1.165) is 15.8 Å². The molecule has 1 fully saturated rings. The summed E-state index contributed by atoms with van der Waals surface area (Å²) >= 11 is 3.41. The highest BCUT2D eigenvalue weighted by Gasteiger charge is 2.35. The summed E-state index contributed by atoms with van der Waals surface area (Å²) in [5.41, 5.74) is 1.63. The van der Waals surface area contributed by atoms with Crippen molar-refractivity contribution in [2.75, 3.05) is 28.3 Å². The second kappa shape index (κ2) is 4.49. The number of carbonyl (C=O) groups is 1. The zero-order chi connectivity index (χ0) is 13.6. The van der Waals surface area contributed by atoms with Crippen molar-refractivity contribution < 1.29 is 13.2 Å². The number of carbonyl (C=O) groups excluding carboxylic acids is 1. The van der Waals surface area contributed by atoms with Crippen molar-refractivity contribution in [3.8, 4) is 0 Å². The van der Waals surface area contributed by atoms with Crippen LogP contribution in [0.3, 0.4) is 0 Å². The van der Waals surface area contributed by atoms with E-state index in [1.807, 2.05) is 23.1 Å². The summed E-state index contributed by atoms with van der Waals surface area (Å²) in [5.74, 6) is 0.0592. The van der Waals surface area contributed by atoms with E-state index in [0.29, 0.717) is 6.54 Å². The van der Waals surface area contributed by atoms with Crippen LogP contribution in [-0.4, -0.2) is 38.4 Å². The number of halogens is 1. The molecule has 5 nitrogen and oxygen atoms in total. The van der Waals surface area contributed by atoms with Crippen LogP contribution in [0.2, 0.25) is 0 Å². The van der Waals surface area contributed by atoms with Gasteiger partial charge in [0.15, 0.2) is 9.84 Å². The van der Waals surface area contributed by atoms with Crippen LogP contribution in [0.25, 0.3) is 0 Å². The topological polar surface area (TPSA) is 66.5 Å². The SMILES string of the molecule is O=C1CC2CS(=O)(=O)CCN2c2cc(Br)ccc2N1. The maximum Gasteiger partial charge on any atom is 0.226 e. The molecule has 0 saturated carbocycles. The molecule has 0 radical (unpaired) electrons. The average molecular weight is 345 g/mol. The molecule has 0 aromatic heterocycles. The summed E-state index contributed by atoms with van der Waals surface area (Å²) in [6, 6.07) is 5.35. The molecular formula is C12H13BrN2O3S. The van der Waals surface area contributed by atoms with Gasteiger partial charge >= 0.3 is 0 Å². The first-order valence-electron chi connectivity index (χ1n) is 6.01. The van der Waals surface area contributed by atoms with Gasteiger partial charge in [0.1, 0.15) is 0 Å². The predicted octanol–water partition coefficient (Wildman–Crippen LogP) is 1.39. The van der Waals surface area contributed by atoms with Crippen molar-refractivity contribution in [1.82, 2.24) is 0 Å². The summed E-state index contributed by atoms with van der Waals surface area (Å²) < 4.78 is 24.4. The van der Waals surface area contributed by atoms with Gasteiger partial charge in [-0.3, -0.25) is 4.79 Å². The van der Waals surface area contributed by atoms with Crippen LogP contribution in [0, 0.1) is 0 Å². The number of anilines is 2. The number of fused-ring (bicyclic) bond motifs is 3. The van der Waals surface area contributed by atoms with Crippen LogP contribution in [0.4, 0.5) is 11.4 Å². The fraction of sp³-hybridized carbons (Fsp3) is 0.417. The average Bonchev–Trinajstić information content (AvgIpc) is 2.43. The van der Waals surface area contributed by atoms with E-state index < -0.39 is 9.84 Å². The molecule has 1 saturated heterocycles. The number of hydrogen-bond donors (Lipinski definition) is 1. The van der Waals surface area contributed by atoms with Crippen molar-refractivity contribution in [3.63, 3.8) is 0 Å². The minimum absolute atomic E-state index is 0.0480. The lowest BCUT2D eigenvalue weighted by Gasteiger charge is -2.35. The largest absolute Gasteiger partial charge is 0.364 e. The third-order valence-electron chi connectivity index (χ3n) is 3.49. The van der Waals surface area contributed by atoms with E-state index in [1.54, 1.807) is 0 Å². The lowest BCUT2D eigenvalue weighted by Crippen LogP contribution is -2.48. The molecule has 2 heterocycles. The summed E-state index contributed by atoms with van der Waals surface area (Å²) in [7, 11) is -3.04. The van der Waals surface area contributed by atoms with Gasteiger partial charge in [0.2, 0.25) is 5.91 Å². The van der Waals surface area contributed by atoms with Gasteiger partial charge in [0.05, 0.1) is 28.9 Å². The van der Waals surface area contributed by atoms with E-state index in [9.17, 15) is 13.2 Å². The summed E-state index contributed by atoms with van der Waals surface area (Å²) in [5, 5.41) is 2.84. The number of benzene rings is 1. The molecule has 7 heteroatoms. The van der Waals surface area contributed by atoms with Crippen LogP contribution in [0.5, 0.6) is 0 Å². The van der Waals surface area contributed by atoms with Crippen molar-refractivity contribution in [1.29, 1.82) is 0 Å². The van der Waals surface area contributed by atoms with E-state index in [4.69, 9.17) is 0 Å². The number of nitrogens with zero attached hydrogens (tertiary/aromatic N) is 1. The fourth-order valence-electron chi connectivity index (χ4n) is 2.64. The van der Waals surface area contributed by atoms with Gasteiger partial charge in [-0.1, -0.05) is 15.9 Å². The van der Waals surface area contributed by atoms with E-state index in [2.05, 4.69) is 21.2 Å². The van der Waals surface area contributed by atoms with Crippen LogP contribution >= 0.6 is 15.9 Å². The first-order valence-corrected chi connectivity index (χ1v) is 8.62. The third-order valence-corrected chi connectivity index (χ3v) is 5.69. The van der Waals surface area contributed by atoms with E-state index >= 15 is 0 Å². The lowest BCUT2D eigenvalue weighted by atomic mass is 10.1. The molecule has 1 aromatic rings. The quantitative estimate of drug-likeness (QED) is 0.772. The van der Waals surface area contributed by atoms with Crippen LogP contribution < -0.4 is 10.2 Å². The Balaban J connectivity index is 2.07. The second-order valence-corrected chi connectivity index (χ2v) is 8.02. The smallest absolute Gasteiger partial charge is 0.226 e. The lowest BCUT2D eigenvalue weighted by molar-refractivity contribution is -0.116. The first kappa shape index (κ1) is 12.9. The van der Waals surface area contributed by atoms with Gasteiger partial charge in [-0.05, 0) is 18.2 Å². The Morgan fingerprint density at radius 3 is 2.95 bits per heavy atom. The molecule has 1 unspecified atom stereocenters. The van der Waals surface area contributed by atoms with Gasteiger partial charge in [0, 0.05) is 17.4 Å². The highest BCUT2D eigenvalue weighted by atomic mass is 79.9. The van der Waals surface area contributed by atoms with Crippen LogP contribution in [0.1, 0.15) is 6.42 Å². The second-order valence-electron chi connectivity index (χ2n) is 4.88. The molecule has 3 rings (SSSR count). The molecule has 1 amide bonds. The molecule has 0 bridgehead atoms. The number of sulfone groups is 1. The zero-order valence-electron chi connectivity index (χ0n) is 10.1. The zero-order valence-corrected chi connectivity index (χ0v) is 12.5. The Labute approximate surface area is 120 Å². The van der Waals surface area contributed by atoms with Gasteiger partial charge in [-0.15, -0.1) is 0 Å². The summed E-state index contributed by atoms with van der Waals surface area (Å²) in [4.78, 5) is 13.9. The molecule has 102 valence electrons. The molecule has 1 N–H and O–H groups in total. The number of rotatable bonds is 0.